The molecule has 1 fully saturated rings. The highest BCUT2D eigenvalue weighted by atomic mass is 79.9. The van der Waals surface area contributed by atoms with Crippen LogP contribution in [0.4, 0.5) is 0 Å². The lowest BCUT2D eigenvalue weighted by Gasteiger charge is -2.29. The van der Waals surface area contributed by atoms with Crippen molar-refractivity contribution in [1.82, 2.24) is 9.47 Å². The Morgan fingerprint density at radius 1 is 0.909 bits per heavy atom. The number of hydrogen-bond acceptors (Lipinski definition) is 3. The molecule has 1 aromatic heterocycles. The van der Waals surface area contributed by atoms with Gasteiger partial charge in [0, 0.05) is 25.1 Å². The van der Waals surface area contributed by atoms with Crippen molar-refractivity contribution in [2.24, 2.45) is 0 Å². The lowest BCUT2D eigenvalue weighted by Crippen LogP contribution is -3.00. The van der Waals surface area contributed by atoms with Crippen LogP contribution in [0.3, 0.4) is 0 Å². The molecule has 6 heteroatoms. The van der Waals surface area contributed by atoms with Crippen LogP contribution in [0.2, 0.25) is 0 Å². The fourth-order valence-corrected chi connectivity index (χ4v) is 5.04. The van der Waals surface area contributed by atoms with E-state index in [4.69, 9.17) is 9.47 Å². The number of likely N-dealkylation sites (tertiary alicyclic amines) is 1. The van der Waals surface area contributed by atoms with E-state index in [1.54, 1.807) is 7.11 Å². The summed E-state index contributed by atoms with van der Waals surface area (Å²) < 4.78 is 16.8. The topological polar surface area (TPSA) is 30.5 Å². The van der Waals surface area contributed by atoms with Crippen molar-refractivity contribution in [2.75, 3.05) is 27.2 Å². The Morgan fingerprint density at radius 3 is 2.42 bits per heavy atom. The number of ether oxygens (including phenoxy) is 2. The zero-order chi connectivity index (χ0) is 21.9. The van der Waals surface area contributed by atoms with Gasteiger partial charge in [-0.1, -0.05) is 12.1 Å². The summed E-state index contributed by atoms with van der Waals surface area (Å²) in [5, 5.41) is 0. The van der Waals surface area contributed by atoms with Crippen molar-refractivity contribution < 1.29 is 31.0 Å². The number of para-hydroxylation sites is 2. The molecule has 1 saturated heterocycles. The van der Waals surface area contributed by atoms with Crippen molar-refractivity contribution in [2.45, 2.75) is 51.2 Å². The van der Waals surface area contributed by atoms with Gasteiger partial charge in [0.1, 0.15) is 18.1 Å². The number of halogens is 1. The zero-order valence-electron chi connectivity index (χ0n) is 19.7. The SMILES string of the molecule is COc1ccccc1-[n+]1cc(-c2ccc(OC3CCN(C)CC3)cc2)n2c1CCCCC2.[Br-]. The van der Waals surface area contributed by atoms with Crippen molar-refractivity contribution in [3.05, 3.63) is 60.6 Å². The molecule has 33 heavy (non-hydrogen) atoms. The van der Waals surface area contributed by atoms with Gasteiger partial charge in [0.25, 0.3) is 5.82 Å². The van der Waals surface area contributed by atoms with Crippen LogP contribution in [-0.4, -0.2) is 42.8 Å². The number of imidazole rings is 1. The maximum Gasteiger partial charge on any atom is 0.262 e. The Kier molecular flexibility index (Phi) is 7.76. The van der Waals surface area contributed by atoms with Gasteiger partial charge in [-0.15, -0.1) is 0 Å². The number of benzene rings is 2. The van der Waals surface area contributed by atoms with E-state index >= 15 is 0 Å². The molecule has 0 spiro atoms. The number of fused-ring (bicyclic) bond motifs is 1. The molecule has 2 aliphatic heterocycles. The molecule has 0 unspecified atom stereocenters. The normalized spacial score (nSPS) is 17.0. The van der Waals surface area contributed by atoms with Crippen LogP contribution < -0.4 is 31.0 Å². The van der Waals surface area contributed by atoms with Gasteiger partial charge in [-0.05, 0) is 75.5 Å². The molecule has 0 atom stereocenters. The number of piperidine rings is 1. The summed E-state index contributed by atoms with van der Waals surface area (Å²) in [7, 11) is 3.93. The molecule has 0 bridgehead atoms. The molecule has 0 aliphatic carbocycles. The van der Waals surface area contributed by atoms with Crippen LogP contribution in [-0.2, 0) is 13.0 Å². The minimum atomic E-state index is 0. The molecule has 0 amide bonds. The molecule has 0 radical (unpaired) electrons. The van der Waals surface area contributed by atoms with E-state index in [0.29, 0.717) is 6.10 Å². The van der Waals surface area contributed by atoms with Crippen molar-refractivity contribution in [3.8, 4) is 28.4 Å². The van der Waals surface area contributed by atoms with Gasteiger partial charge in [0.2, 0.25) is 0 Å². The predicted molar refractivity (Wildman–Crippen MR) is 127 cm³/mol. The third kappa shape index (κ3) is 5.12. The maximum absolute atomic E-state index is 6.28. The quantitative estimate of drug-likeness (QED) is 0.488. The first-order chi connectivity index (χ1) is 15.7. The fraction of sp³-hybridized carbons (Fsp3) is 0.444. The fourth-order valence-electron chi connectivity index (χ4n) is 5.04. The molecule has 0 saturated carbocycles. The molecule has 176 valence electrons. The van der Waals surface area contributed by atoms with E-state index in [0.717, 1.165) is 56.1 Å². The van der Waals surface area contributed by atoms with Gasteiger partial charge < -0.3 is 31.4 Å². The van der Waals surface area contributed by atoms with Crippen molar-refractivity contribution in [1.29, 1.82) is 0 Å². The second-order valence-electron chi connectivity index (χ2n) is 9.08. The van der Waals surface area contributed by atoms with Gasteiger partial charge >= 0.3 is 0 Å². The summed E-state index contributed by atoms with van der Waals surface area (Å²) in [5.74, 6) is 3.24. The highest BCUT2D eigenvalue weighted by Gasteiger charge is 2.28. The maximum atomic E-state index is 6.28. The number of nitrogens with zero attached hydrogens (tertiary/aromatic N) is 3. The molecule has 5 rings (SSSR count). The molecule has 2 aromatic carbocycles. The first kappa shape index (κ1) is 23.8. The Morgan fingerprint density at radius 2 is 1.67 bits per heavy atom. The van der Waals surface area contributed by atoms with Gasteiger partial charge in [0.15, 0.2) is 17.1 Å². The van der Waals surface area contributed by atoms with Crippen LogP contribution in [0.5, 0.6) is 11.5 Å². The monoisotopic (exact) mass is 511 g/mol. The average molecular weight is 512 g/mol. The second kappa shape index (κ2) is 10.7. The van der Waals surface area contributed by atoms with Gasteiger partial charge in [-0.3, -0.25) is 0 Å². The highest BCUT2D eigenvalue weighted by Crippen LogP contribution is 2.29. The van der Waals surface area contributed by atoms with Crippen LogP contribution in [0.15, 0.2) is 54.7 Å². The average Bonchev–Trinajstić information content (AvgIpc) is 3.01. The lowest BCUT2D eigenvalue weighted by atomic mass is 10.1. The number of methoxy groups -OCH3 is 1. The number of aromatic nitrogens is 2. The molecule has 3 heterocycles. The van der Waals surface area contributed by atoms with E-state index < -0.39 is 0 Å². The van der Waals surface area contributed by atoms with Crippen LogP contribution in [0, 0.1) is 0 Å². The Hall–Kier alpha value is -2.31. The molecular formula is C27H34BrN3O2. The van der Waals surface area contributed by atoms with E-state index in [1.807, 2.05) is 12.1 Å². The van der Waals surface area contributed by atoms with Crippen molar-refractivity contribution in [3.63, 3.8) is 0 Å². The minimum Gasteiger partial charge on any atom is -1.00 e. The van der Waals surface area contributed by atoms with E-state index in [2.05, 4.69) is 63.7 Å². The summed E-state index contributed by atoms with van der Waals surface area (Å²) in [6, 6.07) is 17.0. The molecule has 2 aliphatic rings. The van der Waals surface area contributed by atoms with Gasteiger partial charge in [-0.2, -0.15) is 4.57 Å². The zero-order valence-corrected chi connectivity index (χ0v) is 21.3. The summed E-state index contributed by atoms with van der Waals surface area (Å²) in [4.78, 5) is 2.37. The van der Waals surface area contributed by atoms with Gasteiger partial charge in [-0.25, -0.2) is 4.57 Å². The molecule has 3 aromatic rings. The van der Waals surface area contributed by atoms with Gasteiger partial charge in [0.05, 0.1) is 13.7 Å². The summed E-state index contributed by atoms with van der Waals surface area (Å²) >= 11 is 0. The minimum absolute atomic E-state index is 0. The Balaban J connectivity index is 0.00000259. The lowest BCUT2D eigenvalue weighted by molar-refractivity contribution is -0.604. The van der Waals surface area contributed by atoms with E-state index in [-0.39, 0.29) is 17.0 Å². The number of rotatable bonds is 5. The standard InChI is InChI=1S/C27H34N3O2.BrH/c1-28-18-15-23(16-19-28)32-22-13-11-21(12-14-22)25-20-30(24-8-5-6-9-26(24)31-2)27-10-4-3-7-17-29(25)27;/h5-6,8-9,11-14,20,23H,3-4,7,10,15-19H2,1-2H3;1H/q+1;/p-1. The van der Waals surface area contributed by atoms with E-state index in [1.165, 1.54) is 36.3 Å². The smallest absolute Gasteiger partial charge is 0.262 e. The van der Waals surface area contributed by atoms with Crippen LogP contribution >= 0.6 is 0 Å². The predicted octanol–water partition coefficient (Wildman–Crippen LogP) is 1.64. The largest absolute Gasteiger partial charge is 1.00 e. The number of hydrogen-bond donors (Lipinski definition) is 0. The molecular weight excluding hydrogens is 478 g/mol. The second-order valence-corrected chi connectivity index (χ2v) is 9.08. The highest BCUT2D eigenvalue weighted by molar-refractivity contribution is 5.60. The van der Waals surface area contributed by atoms with Crippen molar-refractivity contribution >= 4 is 0 Å². The van der Waals surface area contributed by atoms with E-state index in [9.17, 15) is 0 Å². The Bertz CT molecular complexity index is 1060. The first-order valence-electron chi connectivity index (χ1n) is 12.0. The molecule has 5 nitrogen and oxygen atoms in total. The van der Waals surface area contributed by atoms with Crippen LogP contribution in [0.25, 0.3) is 16.9 Å². The third-order valence-corrected chi connectivity index (χ3v) is 6.88. The summed E-state index contributed by atoms with van der Waals surface area (Å²) in [6.45, 7) is 3.28. The third-order valence-electron chi connectivity index (χ3n) is 6.88. The first-order valence-corrected chi connectivity index (χ1v) is 12.0. The summed E-state index contributed by atoms with van der Waals surface area (Å²) in [6.07, 6.45) is 9.61. The Labute approximate surface area is 207 Å². The summed E-state index contributed by atoms with van der Waals surface area (Å²) in [5.41, 5.74) is 3.60. The van der Waals surface area contributed by atoms with Crippen LogP contribution in [0.1, 0.15) is 37.9 Å². The molecule has 0 N–H and O–H groups in total.